The molecule has 0 aliphatic carbocycles. The summed E-state index contributed by atoms with van der Waals surface area (Å²) >= 11 is 0. The van der Waals surface area contributed by atoms with Crippen LogP contribution in [0.2, 0.25) is 0 Å². The Labute approximate surface area is 84.9 Å². The van der Waals surface area contributed by atoms with Crippen molar-refractivity contribution < 1.29 is 0 Å². The number of fused-ring (bicyclic) bond motifs is 1. The van der Waals surface area contributed by atoms with E-state index in [9.17, 15) is 4.79 Å². The maximum absolute atomic E-state index is 11.5. The van der Waals surface area contributed by atoms with Gasteiger partial charge in [0.25, 0.3) is 5.56 Å². The standard InChI is InChI=1S/C11H9N3O/c15-11-9(6-13-14-11)8-5-12-10-4-2-1-3-7(8)10/h1-6,12H,(H2,13,14,15). The summed E-state index contributed by atoms with van der Waals surface area (Å²) in [5.41, 5.74) is 2.52. The fraction of sp³-hybridized carbons (Fsp3) is 0. The molecule has 1 aromatic carbocycles. The number of aromatic amines is 3. The second-order valence-corrected chi connectivity index (χ2v) is 3.40. The van der Waals surface area contributed by atoms with Crippen LogP contribution in [-0.4, -0.2) is 15.2 Å². The van der Waals surface area contributed by atoms with Crippen LogP contribution in [-0.2, 0) is 0 Å². The van der Waals surface area contributed by atoms with E-state index < -0.39 is 0 Å². The average molecular weight is 199 g/mol. The molecule has 0 aliphatic heterocycles. The largest absolute Gasteiger partial charge is 0.361 e. The van der Waals surface area contributed by atoms with Crippen LogP contribution in [0.5, 0.6) is 0 Å². The summed E-state index contributed by atoms with van der Waals surface area (Å²) in [5.74, 6) is 0. The zero-order valence-corrected chi connectivity index (χ0v) is 7.87. The smallest absolute Gasteiger partial charge is 0.271 e. The van der Waals surface area contributed by atoms with Crippen LogP contribution < -0.4 is 5.56 Å². The van der Waals surface area contributed by atoms with E-state index in [-0.39, 0.29) is 5.56 Å². The molecule has 0 fully saturated rings. The molecule has 0 unspecified atom stereocenters. The molecule has 0 atom stereocenters. The van der Waals surface area contributed by atoms with Crippen molar-refractivity contribution in [3.63, 3.8) is 0 Å². The van der Waals surface area contributed by atoms with Crippen molar-refractivity contribution in [3.05, 3.63) is 47.0 Å². The monoisotopic (exact) mass is 199 g/mol. The molecule has 0 amide bonds. The molecule has 0 saturated carbocycles. The van der Waals surface area contributed by atoms with Gasteiger partial charge in [-0.3, -0.25) is 9.89 Å². The Balaban J connectivity index is 2.37. The zero-order valence-electron chi connectivity index (χ0n) is 7.87. The Morgan fingerprint density at radius 3 is 2.67 bits per heavy atom. The lowest BCUT2D eigenvalue weighted by atomic mass is 10.1. The molecule has 3 aromatic rings. The predicted molar refractivity (Wildman–Crippen MR) is 58.7 cm³/mol. The van der Waals surface area contributed by atoms with E-state index in [0.29, 0.717) is 5.56 Å². The molecule has 4 nitrogen and oxygen atoms in total. The van der Waals surface area contributed by atoms with Crippen molar-refractivity contribution in [2.75, 3.05) is 0 Å². The molecule has 3 rings (SSSR count). The van der Waals surface area contributed by atoms with Crippen LogP contribution in [0.4, 0.5) is 0 Å². The average Bonchev–Trinajstić information content (AvgIpc) is 2.83. The Bertz CT molecular complexity index is 659. The van der Waals surface area contributed by atoms with Crippen LogP contribution in [0, 0.1) is 0 Å². The van der Waals surface area contributed by atoms with E-state index >= 15 is 0 Å². The number of nitrogens with one attached hydrogen (secondary N) is 3. The lowest BCUT2D eigenvalue weighted by Crippen LogP contribution is -2.00. The summed E-state index contributed by atoms with van der Waals surface area (Å²) in [6, 6.07) is 7.90. The second kappa shape index (κ2) is 2.88. The molecule has 4 heteroatoms. The van der Waals surface area contributed by atoms with Crippen molar-refractivity contribution in [2.45, 2.75) is 0 Å². The van der Waals surface area contributed by atoms with Crippen molar-refractivity contribution in [2.24, 2.45) is 0 Å². The predicted octanol–water partition coefficient (Wildman–Crippen LogP) is 1.85. The van der Waals surface area contributed by atoms with Gasteiger partial charge in [0.15, 0.2) is 0 Å². The van der Waals surface area contributed by atoms with E-state index in [1.807, 2.05) is 30.5 Å². The van der Waals surface area contributed by atoms with Crippen LogP contribution in [0.3, 0.4) is 0 Å². The summed E-state index contributed by atoms with van der Waals surface area (Å²) in [7, 11) is 0. The van der Waals surface area contributed by atoms with Gasteiger partial charge in [0.2, 0.25) is 0 Å². The van der Waals surface area contributed by atoms with Gasteiger partial charge in [-0.2, -0.15) is 0 Å². The Morgan fingerprint density at radius 1 is 1.00 bits per heavy atom. The van der Waals surface area contributed by atoms with Crippen molar-refractivity contribution >= 4 is 10.9 Å². The highest BCUT2D eigenvalue weighted by Gasteiger charge is 2.08. The number of hydrogen-bond acceptors (Lipinski definition) is 1. The normalized spacial score (nSPS) is 10.9. The van der Waals surface area contributed by atoms with E-state index in [0.717, 1.165) is 16.5 Å². The lowest BCUT2D eigenvalue weighted by Gasteiger charge is -1.92. The first-order valence-electron chi connectivity index (χ1n) is 4.69. The molecule has 0 bridgehead atoms. The first-order chi connectivity index (χ1) is 7.36. The SMILES string of the molecule is O=c1[nH][nH]cc1-c1c[nH]c2ccccc12. The quantitative estimate of drug-likeness (QED) is 0.550. The molecule has 2 aromatic heterocycles. The van der Waals surface area contributed by atoms with Crippen LogP contribution >= 0.6 is 0 Å². The van der Waals surface area contributed by atoms with Gasteiger partial charge in [-0.15, -0.1) is 0 Å². The van der Waals surface area contributed by atoms with Crippen LogP contribution in [0.15, 0.2) is 41.5 Å². The van der Waals surface area contributed by atoms with Crippen LogP contribution in [0.1, 0.15) is 0 Å². The maximum Gasteiger partial charge on any atom is 0.271 e. The summed E-state index contributed by atoms with van der Waals surface area (Å²) in [6.45, 7) is 0. The molecular formula is C11H9N3O. The van der Waals surface area contributed by atoms with E-state index in [1.165, 1.54) is 0 Å². The first kappa shape index (κ1) is 8.11. The van der Waals surface area contributed by atoms with E-state index in [4.69, 9.17) is 0 Å². The highest BCUT2D eigenvalue weighted by molar-refractivity contribution is 5.95. The van der Waals surface area contributed by atoms with Gasteiger partial charge in [-0.25, -0.2) is 0 Å². The van der Waals surface area contributed by atoms with Gasteiger partial charge in [-0.05, 0) is 6.07 Å². The van der Waals surface area contributed by atoms with Gasteiger partial charge in [0, 0.05) is 28.9 Å². The summed E-state index contributed by atoms with van der Waals surface area (Å²) in [6.07, 6.45) is 3.53. The number of rotatable bonds is 1. The minimum Gasteiger partial charge on any atom is -0.361 e. The van der Waals surface area contributed by atoms with Gasteiger partial charge >= 0.3 is 0 Å². The molecule has 2 heterocycles. The summed E-state index contributed by atoms with van der Waals surface area (Å²) < 4.78 is 0. The first-order valence-corrected chi connectivity index (χ1v) is 4.69. The fourth-order valence-electron chi connectivity index (χ4n) is 1.80. The Morgan fingerprint density at radius 2 is 1.87 bits per heavy atom. The zero-order chi connectivity index (χ0) is 10.3. The Hall–Kier alpha value is -2.23. The summed E-state index contributed by atoms with van der Waals surface area (Å²) in [5, 5.41) is 6.28. The third-order valence-corrected chi connectivity index (χ3v) is 2.53. The molecule has 3 N–H and O–H groups in total. The third-order valence-electron chi connectivity index (χ3n) is 2.53. The maximum atomic E-state index is 11.5. The molecular weight excluding hydrogens is 190 g/mol. The second-order valence-electron chi connectivity index (χ2n) is 3.40. The number of aromatic nitrogens is 3. The molecule has 0 saturated heterocycles. The Kier molecular flexibility index (Phi) is 1.56. The topological polar surface area (TPSA) is 64.4 Å². The number of para-hydroxylation sites is 1. The summed E-state index contributed by atoms with van der Waals surface area (Å²) in [4.78, 5) is 14.6. The number of hydrogen-bond donors (Lipinski definition) is 3. The molecule has 74 valence electrons. The van der Waals surface area contributed by atoms with Crippen molar-refractivity contribution in [1.29, 1.82) is 0 Å². The van der Waals surface area contributed by atoms with Gasteiger partial charge in [0.05, 0.1) is 5.56 Å². The van der Waals surface area contributed by atoms with E-state index in [2.05, 4.69) is 15.2 Å². The molecule has 0 radical (unpaired) electrons. The third kappa shape index (κ3) is 1.11. The highest BCUT2D eigenvalue weighted by Crippen LogP contribution is 2.25. The lowest BCUT2D eigenvalue weighted by molar-refractivity contribution is 1.06. The minimum atomic E-state index is -0.0975. The minimum absolute atomic E-state index is 0.0975. The number of benzene rings is 1. The number of H-pyrrole nitrogens is 3. The van der Waals surface area contributed by atoms with Gasteiger partial charge in [0.1, 0.15) is 0 Å². The molecule has 0 aliphatic rings. The van der Waals surface area contributed by atoms with E-state index in [1.54, 1.807) is 6.20 Å². The van der Waals surface area contributed by atoms with Gasteiger partial charge in [-0.1, -0.05) is 18.2 Å². The van der Waals surface area contributed by atoms with Gasteiger partial charge < -0.3 is 10.1 Å². The van der Waals surface area contributed by atoms with Crippen LogP contribution in [0.25, 0.3) is 22.0 Å². The molecule has 15 heavy (non-hydrogen) atoms. The van der Waals surface area contributed by atoms with Crippen molar-refractivity contribution in [1.82, 2.24) is 15.2 Å². The fourth-order valence-corrected chi connectivity index (χ4v) is 1.80. The highest BCUT2D eigenvalue weighted by atomic mass is 16.1. The molecule has 0 spiro atoms. The van der Waals surface area contributed by atoms with Crippen molar-refractivity contribution in [3.8, 4) is 11.1 Å².